The molecule has 2 aliphatic rings. The second-order valence-electron chi connectivity index (χ2n) is 5.89. The van der Waals surface area contributed by atoms with Crippen LogP contribution in [-0.2, 0) is 0 Å². The predicted molar refractivity (Wildman–Crippen MR) is 93.7 cm³/mol. The predicted octanol–water partition coefficient (Wildman–Crippen LogP) is 3.97. The Hall–Kier alpha value is -2.95. The molecule has 120 valence electrons. The molecule has 0 unspecified atom stereocenters. The minimum atomic E-state index is -0.180. The third-order valence-electron chi connectivity index (χ3n) is 4.42. The summed E-state index contributed by atoms with van der Waals surface area (Å²) in [5.74, 6) is 0. The van der Waals surface area contributed by atoms with E-state index < -0.39 is 0 Å². The van der Waals surface area contributed by atoms with Crippen molar-refractivity contribution in [3.8, 4) is 0 Å². The number of rotatable bonds is 2. The number of nitrogens with zero attached hydrogens (tertiary/aromatic N) is 4. The van der Waals surface area contributed by atoms with Crippen LogP contribution in [0.15, 0.2) is 70.9 Å². The van der Waals surface area contributed by atoms with Crippen LogP contribution in [-0.4, -0.2) is 28.5 Å². The average Bonchev–Trinajstić information content (AvgIpc) is 3.32. The summed E-state index contributed by atoms with van der Waals surface area (Å²) in [4.78, 5) is 13.0. The fraction of sp³-hybridized carbons (Fsp3) is 0.211. The van der Waals surface area contributed by atoms with Crippen LogP contribution in [0, 0.1) is 0 Å². The molecule has 5 heteroatoms. The molecule has 2 amide bonds. The lowest BCUT2D eigenvalue weighted by Gasteiger charge is -2.29. The number of urea groups is 1. The van der Waals surface area contributed by atoms with Crippen LogP contribution in [0.5, 0.6) is 0 Å². The van der Waals surface area contributed by atoms with Crippen molar-refractivity contribution < 1.29 is 4.79 Å². The van der Waals surface area contributed by atoms with Gasteiger partial charge in [-0.05, 0) is 11.1 Å². The lowest BCUT2D eigenvalue weighted by Crippen LogP contribution is -2.38. The SMILES string of the molecule is O=C(N1N=CC[C@H]1c1ccccc1)N1N=CC[C@H]1c1ccccc1. The molecule has 0 spiro atoms. The molecule has 2 heterocycles. The second kappa shape index (κ2) is 6.28. The Bertz CT molecular complexity index is 707. The number of carbonyl (C=O) groups is 1. The summed E-state index contributed by atoms with van der Waals surface area (Å²) in [7, 11) is 0. The van der Waals surface area contributed by atoms with Crippen LogP contribution >= 0.6 is 0 Å². The number of amides is 2. The van der Waals surface area contributed by atoms with Crippen molar-refractivity contribution in [3.63, 3.8) is 0 Å². The topological polar surface area (TPSA) is 48.3 Å². The molecule has 0 saturated carbocycles. The van der Waals surface area contributed by atoms with E-state index in [0.29, 0.717) is 0 Å². The van der Waals surface area contributed by atoms with Gasteiger partial charge in [0.15, 0.2) is 0 Å². The highest BCUT2D eigenvalue weighted by Gasteiger charge is 2.36. The Morgan fingerprint density at radius 3 is 1.58 bits per heavy atom. The Morgan fingerprint density at radius 1 is 0.750 bits per heavy atom. The highest BCUT2D eigenvalue weighted by Crippen LogP contribution is 2.34. The van der Waals surface area contributed by atoms with Gasteiger partial charge in [0, 0.05) is 25.3 Å². The van der Waals surface area contributed by atoms with E-state index in [-0.39, 0.29) is 18.1 Å². The van der Waals surface area contributed by atoms with E-state index in [9.17, 15) is 4.79 Å². The van der Waals surface area contributed by atoms with Crippen molar-refractivity contribution >= 4 is 18.5 Å². The Labute approximate surface area is 140 Å². The molecule has 4 rings (SSSR count). The molecular weight excluding hydrogens is 300 g/mol. The molecule has 0 aliphatic carbocycles. The molecule has 0 aromatic heterocycles. The first-order chi connectivity index (χ1) is 11.8. The molecule has 0 saturated heterocycles. The standard InChI is InChI=1S/C19H18N4O/c24-19(22-17(11-13-20-22)15-7-3-1-4-8-15)23-18(12-14-21-23)16-9-5-2-6-10-16/h1-10,13-14,17-18H,11-12H2/t17-,18-/m0/s1. The molecule has 5 nitrogen and oxygen atoms in total. The molecule has 0 N–H and O–H groups in total. The molecule has 24 heavy (non-hydrogen) atoms. The van der Waals surface area contributed by atoms with Gasteiger partial charge in [0.2, 0.25) is 0 Å². The van der Waals surface area contributed by atoms with Crippen molar-refractivity contribution in [1.82, 2.24) is 10.0 Å². The van der Waals surface area contributed by atoms with Crippen LogP contribution in [0.1, 0.15) is 36.1 Å². The van der Waals surface area contributed by atoms with Crippen LogP contribution in [0.2, 0.25) is 0 Å². The Morgan fingerprint density at radius 2 is 1.17 bits per heavy atom. The minimum absolute atomic E-state index is 0.0640. The van der Waals surface area contributed by atoms with E-state index in [1.54, 1.807) is 22.4 Å². The van der Waals surface area contributed by atoms with Crippen LogP contribution in [0.3, 0.4) is 0 Å². The number of hydrazone groups is 2. The Balaban J connectivity index is 1.58. The summed E-state index contributed by atoms with van der Waals surface area (Å²) < 4.78 is 0. The number of benzene rings is 2. The number of carbonyl (C=O) groups excluding carboxylic acids is 1. The first-order valence-corrected chi connectivity index (χ1v) is 8.12. The fourth-order valence-corrected chi connectivity index (χ4v) is 3.21. The minimum Gasteiger partial charge on any atom is -0.244 e. The third-order valence-corrected chi connectivity index (χ3v) is 4.42. The molecule has 0 fully saturated rings. The van der Waals surface area contributed by atoms with Crippen LogP contribution in [0.25, 0.3) is 0 Å². The molecule has 2 atom stereocenters. The van der Waals surface area contributed by atoms with Gasteiger partial charge >= 0.3 is 6.03 Å². The van der Waals surface area contributed by atoms with Gasteiger partial charge in [-0.25, -0.2) is 14.8 Å². The Kier molecular flexibility index (Phi) is 3.83. The van der Waals surface area contributed by atoms with Crippen LogP contribution < -0.4 is 0 Å². The van der Waals surface area contributed by atoms with E-state index >= 15 is 0 Å². The highest BCUT2D eigenvalue weighted by atomic mass is 16.2. The maximum absolute atomic E-state index is 13.0. The zero-order valence-corrected chi connectivity index (χ0v) is 13.2. The van der Waals surface area contributed by atoms with Gasteiger partial charge < -0.3 is 0 Å². The second-order valence-corrected chi connectivity index (χ2v) is 5.89. The molecule has 2 aliphatic heterocycles. The van der Waals surface area contributed by atoms with Gasteiger partial charge in [-0.2, -0.15) is 10.2 Å². The monoisotopic (exact) mass is 318 g/mol. The quantitative estimate of drug-likeness (QED) is 0.826. The van der Waals surface area contributed by atoms with Gasteiger partial charge in [-0.3, -0.25) is 0 Å². The van der Waals surface area contributed by atoms with Crippen molar-refractivity contribution in [2.24, 2.45) is 10.2 Å². The molecular formula is C19H18N4O. The summed E-state index contributed by atoms with van der Waals surface area (Å²) >= 11 is 0. The molecule has 0 bridgehead atoms. The van der Waals surface area contributed by atoms with Gasteiger partial charge in [0.25, 0.3) is 0 Å². The van der Waals surface area contributed by atoms with Crippen molar-refractivity contribution in [3.05, 3.63) is 71.8 Å². The molecule has 2 aromatic rings. The number of hydrogen-bond acceptors (Lipinski definition) is 3. The summed E-state index contributed by atoms with van der Waals surface area (Å²) in [6.45, 7) is 0. The first kappa shape index (κ1) is 14.6. The highest BCUT2D eigenvalue weighted by molar-refractivity contribution is 5.81. The van der Waals surface area contributed by atoms with E-state index in [1.165, 1.54) is 0 Å². The van der Waals surface area contributed by atoms with Gasteiger partial charge in [0.05, 0.1) is 12.1 Å². The van der Waals surface area contributed by atoms with Gasteiger partial charge in [-0.15, -0.1) is 0 Å². The summed E-state index contributed by atoms with van der Waals surface area (Å²) in [5.41, 5.74) is 2.17. The summed E-state index contributed by atoms with van der Waals surface area (Å²) in [6.07, 6.45) is 5.05. The zero-order chi connectivity index (χ0) is 16.4. The third kappa shape index (κ3) is 2.58. The van der Waals surface area contributed by atoms with E-state index in [1.807, 2.05) is 60.7 Å². The van der Waals surface area contributed by atoms with E-state index in [2.05, 4.69) is 10.2 Å². The van der Waals surface area contributed by atoms with Gasteiger partial charge in [0.1, 0.15) is 0 Å². The summed E-state index contributed by atoms with van der Waals surface area (Å²) in [6, 6.07) is 19.7. The first-order valence-electron chi connectivity index (χ1n) is 8.12. The van der Waals surface area contributed by atoms with Crippen molar-refractivity contribution in [2.75, 3.05) is 0 Å². The smallest absolute Gasteiger partial charge is 0.244 e. The van der Waals surface area contributed by atoms with Crippen molar-refractivity contribution in [2.45, 2.75) is 24.9 Å². The molecule has 2 aromatic carbocycles. The zero-order valence-electron chi connectivity index (χ0n) is 13.2. The maximum atomic E-state index is 13.0. The van der Waals surface area contributed by atoms with Crippen molar-refractivity contribution in [1.29, 1.82) is 0 Å². The summed E-state index contributed by atoms with van der Waals surface area (Å²) in [5, 5.41) is 11.7. The average molecular weight is 318 g/mol. The lowest BCUT2D eigenvalue weighted by molar-refractivity contribution is 0.132. The lowest BCUT2D eigenvalue weighted by atomic mass is 10.0. The largest absolute Gasteiger partial charge is 0.361 e. The maximum Gasteiger partial charge on any atom is 0.361 e. The van der Waals surface area contributed by atoms with E-state index in [4.69, 9.17) is 0 Å². The normalized spacial score (nSPS) is 22.3. The van der Waals surface area contributed by atoms with E-state index in [0.717, 1.165) is 24.0 Å². The fourth-order valence-electron chi connectivity index (χ4n) is 3.21. The molecule has 0 radical (unpaired) electrons. The number of hydrogen-bond donors (Lipinski definition) is 0. The van der Waals surface area contributed by atoms with Crippen LogP contribution in [0.4, 0.5) is 4.79 Å². The van der Waals surface area contributed by atoms with Gasteiger partial charge in [-0.1, -0.05) is 60.7 Å².